The molecular weight excluding hydrogens is 350 g/mol. The molecule has 28 heavy (non-hydrogen) atoms. The van der Waals surface area contributed by atoms with Crippen LogP contribution in [0.5, 0.6) is 0 Å². The number of nitrogens with one attached hydrogen (secondary N) is 1. The fourth-order valence-corrected chi connectivity index (χ4v) is 3.83. The highest BCUT2D eigenvalue weighted by atomic mass is 16.1. The lowest BCUT2D eigenvalue weighted by Crippen LogP contribution is -2.23. The molecule has 1 fully saturated rings. The van der Waals surface area contributed by atoms with Crippen molar-refractivity contribution >= 4 is 34.8 Å². The Balaban J connectivity index is 1.69. The van der Waals surface area contributed by atoms with E-state index in [-0.39, 0.29) is 0 Å². The van der Waals surface area contributed by atoms with Crippen LogP contribution in [-0.4, -0.2) is 29.5 Å². The van der Waals surface area contributed by atoms with Crippen molar-refractivity contribution in [3.63, 3.8) is 0 Å². The molecule has 0 radical (unpaired) electrons. The van der Waals surface area contributed by atoms with Gasteiger partial charge in [0.05, 0.1) is 5.52 Å². The number of benzene rings is 2. The molecule has 6 heteroatoms. The summed E-state index contributed by atoms with van der Waals surface area (Å²) in [5, 5.41) is 4.58. The lowest BCUT2D eigenvalue weighted by Gasteiger charge is -2.24. The Labute approximate surface area is 164 Å². The highest BCUT2D eigenvalue weighted by molar-refractivity contribution is 5.93. The zero-order valence-corrected chi connectivity index (χ0v) is 16.1. The first-order valence-electron chi connectivity index (χ1n) is 9.76. The molecule has 6 nitrogen and oxygen atoms in total. The molecule has 4 rings (SSSR count). The van der Waals surface area contributed by atoms with Gasteiger partial charge in [-0.2, -0.15) is 4.98 Å². The SMILES string of the molecule is CN(C=O)c1ccc(-c2ccc3nc(N)nc(NC4CCCCC4)c3c2)cc1. The van der Waals surface area contributed by atoms with E-state index in [0.717, 1.165) is 52.8 Å². The molecule has 0 unspecified atom stereocenters. The van der Waals surface area contributed by atoms with E-state index < -0.39 is 0 Å². The van der Waals surface area contributed by atoms with E-state index in [0.29, 0.717) is 12.0 Å². The molecule has 0 spiro atoms. The van der Waals surface area contributed by atoms with Crippen molar-refractivity contribution < 1.29 is 4.79 Å². The van der Waals surface area contributed by atoms with Crippen molar-refractivity contribution in [1.82, 2.24) is 9.97 Å². The molecule has 1 heterocycles. The van der Waals surface area contributed by atoms with Crippen LogP contribution < -0.4 is 16.0 Å². The third kappa shape index (κ3) is 3.76. The molecule has 3 aromatic rings. The van der Waals surface area contributed by atoms with Crippen molar-refractivity contribution in [2.45, 2.75) is 38.1 Å². The topological polar surface area (TPSA) is 84.1 Å². The number of anilines is 3. The molecule has 3 N–H and O–H groups in total. The predicted molar refractivity (Wildman–Crippen MR) is 114 cm³/mol. The minimum atomic E-state index is 0.291. The quantitative estimate of drug-likeness (QED) is 0.653. The van der Waals surface area contributed by atoms with Crippen molar-refractivity contribution in [2.24, 2.45) is 0 Å². The van der Waals surface area contributed by atoms with Crippen molar-refractivity contribution in [3.05, 3.63) is 42.5 Å². The van der Waals surface area contributed by atoms with Crippen LogP contribution in [0.3, 0.4) is 0 Å². The van der Waals surface area contributed by atoms with Crippen LogP contribution in [0.15, 0.2) is 42.5 Å². The number of hydrogen-bond acceptors (Lipinski definition) is 5. The number of nitrogen functional groups attached to an aromatic ring is 1. The monoisotopic (exact) mass is 375 g/mol. The zero-order chi connectivity index (χ0) is 19.5. The number of hydrogen-bond donors (Lipinski definition) is 2. The summed E-state index contributed by atoms with van der Waals surface area (Å²) in [4.78, 5) is 21.4. The van der Waals surface area contributed by atoms with Gasteiger partial charge >= 0.3 is 0 Å². The van der Waals surface area contributed by atoms with E-state index >= 15 is 0 Å². The van der Waals surface area contributed by atoms with E-state index in [1.165, 1.54) is 19.3 Å². The third-order valence-electron chi connectivity index (χ3n) is 5.43. The van der Waals surface area contributed by atoms with Gasteiger partial charge in [-0.1, -0.05) is 37.5 Å². The maximum Gasteiger partial charge on any atom is 0.222 e. The summed E-state index contributed by atoms with van der Waals surface area (Å²) in [6.07, 6.45) is 6.94. The van der Waals surface area contributed by atoms with Gasteiger partial charge < -0.3 is 16.0 Å². The van der Waals surface area contributed by atoms with Crippen LogP contribution >= 0.6 is 0 Å². The second-order valence-electron chi connectivity index (χ2n) is 7.40. The maximum atomic E-state index is 10.9. The summed E-state index contributed by atoms with van der Waals surface area (Å²) >= 11 is 0. The van der Waals surface area contributed by atoms with E-state index in [4.69, 9.17) is 5.73 Å². The highest BCUT2D eigenvalue weighted by Gasteiger charge is 2.16. The van der Waals surface area contributed by atoms with E-state index in [2.05, 4.69) is 21.4 Å². The summed E-state index contributed by atoms with van der Waals surface area (Å²) in [6, 6.07) is 14.5. The first-order valence-corrected chi connectivity index (χ1v) is 9.76. The van der Waals surface area contributed by atoms with Gasteiger partial charge in [0.2, 0.25) is 12.4 Å². The first kappa shape index (κ1) is 18.2. The zero-order valence-electron chi connectivity index (χ0n) is 16.1. The number of carbonyl (C=O) groups is 1. The Morgan fingerprint density at radius 1 is 1.04 bits per heavy atom. The third-order valence-corrected chi connectivity index (χ3v) is 5.43. The second-order valence-corrected chi connectivity index (χ2v) is 7.40. The average molecular weight is 375 g/mol. The molecular formula is C22H25N5O. The summed E-state index contributed by atoms with van der Waals surface area (Å²) in [6.45, 7) is 0. The van der Waals surface area contributed by atoms with Crippen LogP contribution in [0.4, 0.5) is 17.5 Å². The molecule has 0 atom stereocenters. The average Bonchev–Trinajstić information content (AvgIpc) is 2.74. The number of aromatic nitrogens is 2. The number of nitrogens with two attached hydrogens (primary N) is 1. The van der Waals surface area contributed by atoms with Crippen LogP contribution in [-0.2, 0) is 4.79 Å². The summed E-state index contributed by atoms with van der Waals surface area (Å²) < 4.78 is 0. The lowest BCUT2D eigenvalue weighted by molar-refractivity contribution is -0.107. The fraction of sp³-hybridized carbons (Fsp3) is 0.318. The van der Waals surface area contributed by atoms with E-state index in [1.54, 1.807) is 11.9 Å². The Morgan fingerprint density at radius 3 is 2.46 bits per heavy atom. The number of fused-ring (bicyclic) bond motifs is 1. The molecule has 2 aromatic carbocycles. The van der Waals surface area contributed by atoms with Gasteiger partial charge in [-0.15, -0.1) is 0 Å². The van der Waals surface area contributed by atoms with Gasteiger partial charge in [0.1, 0.15) is 5.82 Å². The molecule has 1 aliphatic rings. The summed E-state index contributed by atoms with van der Waals surface area (Å²) in [5.74, 6) is 1.10. The minimum Gasteiger partial charge on any atom is -0.368 e. The summed E-state index contributed by atoms with van der Waals surface area (Å²) in [5.41, 5.74) is 9.79. The van der Waals surface area contributed by atoms with Crippen molar-refractivity contribution in [1.29, 1.82) is 0 Å². The van der Waals surface area contributed by atoms with Crippen LogP contribution in [0, 0.1) is 0 Å². The van der Waals surface area contributed by atoms with Crippen LogP contribution in [0.2, 0.25) is 0 Å². The standard InChI is InChI=1S/C22H25N5O/c1-27(14-28)18-10-7-15(8-11-18)16-9-12-20-19(13-16)21(26-22(23)25-20)24-17-5-3-2-4-6-17/h7-14,17H,2-6H2,1H3,(H3,23,24,25,26). The Bertz CT molecular complexity index is 980. The lowest BCUT2D eigenvalue weighted by atomic mass is 9.95. The Kier molecular flexibility index (Phi) is 5.10. The van der Waals surface area contributed by atoms with Gasteiger partial charge in [-0.25, -0.2) is 4.98 Å². The van der Waals surface area contributed by atoms with Gasteiger partial charge in [0, 0.05) is 24.2 Å². The van der Waals surface area contributed by atoms with E-state index in [1.807, 2.05) is 36.4 Å². The molecule has 0 saturated heterocycles. The van der Waals surface area contributed by atoms with Gasteiger partial charge in [0.15, 0.2) is 0 Å². The number of rotatable bonds is 5. The Morgan fingerprint density at radius 2 is 1.75 bits per heavy atom. The van der Waals surface area contributed by atoms with Gasteiger partial charge in [0.25, 0.3) is 0 Å². The summed E-state index contributed by atoms with van der Waals surface area (Å²) in [7, 11) is 1.74. The first-order chi connectivity index (χ1) is 13.6. The molecule has 1 aliphatic carbocycles. The van der Waals surface area contributed by atoms with Crippen molar-refractivity contribution in [3.8, 4) is 11.1 Å². The predicted octanol–water partition coefficient (Wildman–Crippen LogP) is 4.22. The number of nitrogens with zero attached hydrogens (tertiary/aromatic N) is 3. The van der Waals surface area contributed by atoms with Gasteiger partial charge in [-0.3, -0.25) is 4.79 Å². The largest absolute Gasteiger partial charge is 0.368 e. The number of amides is 1. The fourth-order valence-electron chi connectivity index (χ4n) is 3.83. The maximum absolute atomic E-state index is 10.9. The van der Waals surface area contributed by atoms with Crippen molar-refractivity contribution in [2.75, 3.05) is 23.0 Å². The number of carbonyl (C=O) groups excluding carboxylic acids is 1. The van der Waals surface area contributed by atoms with Gasteiger partial charge in [-0.05, 0) is 48.2 Å². The Hall–Kier alpha value is -3.15. The highest BCUT2D eigenvalue weighted by Crippen LogP contribution is 2.30. The normalized spacial score (nSPS) is 14.8. The molecule has 0 bridgehead atoms. The van der Waals surface area contributed by atoms with E-state index in [9.17, 15) is 4.79 Å². The van der Waals surface area contributed by atoms with Crippen LogP contribution in [0.1, 0.15) is 32.1 Å². The molecule has 1 aromatic heterocycles. The molecule has 0 aliphatic heterocycles. The molecule has 1 saturated carbocycles. The van der Waals surface area contributed by atoms with Crippen LogP contribution in [0.25, 0.3) is 22.0 Å². The second kappa shape index (κ2) is 7.84. The smallest absolute Gasteiger partial charge is 0.222 e. The molecule has 144 valence electrons. The minimum absolute atomic E-state index is 0.291. The molecule has 1 amide bonds.